The van der Waals surface area contributed by atoms with Crippen LogP contribution < -0.4 is 4.74 Å². The van der Waals surface area contributed by atoms with E-state index in [1.807, 2.05) is 19.2 Å². The summed E-state index contributed by atoms with van der Waals surface area (Å²) in [6.07, 6.45) is 2.85. The van der Waals surface area contributed by atoms with Crippen LogP contribution in [-0.2, 0) is 17.7 Å². The van der Waals surface area contributed by atoms with Crippen molar-refractivity contribution in [3.63, 3.8) is 0 Å². The summed E-state index contributed by atoms with van der Waals surface area (Å²) in [5, 5.41) is 10.5. The Morgan fingerprint density at radius 1 is 1.26 bits per heavy atom. The van der Waals surface area contributed by atoms with Crippen LogP contribution >= 0.6 is 15.9 Å². The second-order valence-corrected chi connectivity index (χ2v) is 8.14. The van der Waals surface area contributed by atoms with Crippen LogP contribution in [-0.4, -0.2) is 43.4 Å². The smallest absolute Gasteiger partial charge is 0.123 e. The van der Waals surface area contributed by atoms with Crippen LogP contribution in [0.3, 0.4) is 0 Å². The fourth-order valence-corrected chi connectivity index (χ4v) is 4.16. The number of aliphatic hydroxyl groups is 1. The Kier molecular flexibility index (Phi) is 7.30. The van der Waals surface area contributed by atoms with Gasteiger partial charge >= 0.3 is 0 Å². The molecular formula is C22H28BrNO3. The summed E-state index contributed by atoms with van der Waals surface area (Å²) in [6, 6.07) is 14.5. The topological polar surface area (TPSA) is 41.9 Å². The molecule has 0 fully saturated rings. The molecule has 0 saturated carbocycles. The van der Waals surface area contributed by atoms with Crippen molar-refractivity contribution in [3.05, 3.63) is 63.6 Å². The van der Waals surface area contributed by atoms with Crippen molar-refractivity contribution in [2.75, 3.05) is 27.3 Å². The van der Waals surface area contributed by atoms with Crippen LogP contribution in [0.15, 0.2) is 46.9 Å². The number of benzene rings is 2. The fraction of sp³-hybridized carbons (Fsp3) is 0.455. The molecule has 0 amide bonds. The molecule has 2 aromatic rings. The van der Waals surface area contributed by atoms with E-state index in [1.54, 1.807) is 7.11 Å². The Morgan fingerprint density at radius 2 is 2.07 bits per heavy atom. The van der Waals surface area contributed by atoms with Crippen molar-refractivity contribution in [2.45, 2.75) is 38.0 Å². The van der Waals surface area contributed by atoms with Gasteiger partial charge in [-0.15, -0.1) is 0 Å². The number of rotatable bonds is 8. The van der Waals surface area contributed by atoms with Crippen LogP contribution in [0.1, 0.15) is 35.6 Å². The highest BCUT2D eigenvalue weighted by Crippen LogP contribution is 2.32. The minimum atomic E-state index is -0.526. The summed E-state index contributed by atoms with van der Waals surface area (Å²) in [4.78, 5) is 2.09. The molecule has 146 valence electrons. The Balaban J connectivity index is 1.51. The van der Waals surface area contributed by atoms with Gasteiger partial charge in [-0.25, -0.2) is 0 Å². The number of fused-ring (bicyclic) bond motifs is 1. The molecule has 0 bridgehead atoms. The SMILES string of the molecule is COc1ccc(Br)cc1CN(C)C[C@H](O)CO[C@H]1CCCc2ccccc21. The van der Waals surface area contributed by atoms with Crippen molar-refractivity contribution in [2.24, 2.45) is 0 Å². The highest BCUT2D eigenvalue weighted by atomic mass is 79.9. The van der Waals surface area contributed by atoms with E-state index in [0.29, 0.717) is 19.7 Å². The van der Waals surface area contributed by atoms with E-state index in [1.165, 1.54) is 11.1 Å². The number of halogens is 1. The van der Waals surface area contributed by atoms with Gasteiger partial charge in [-0.05, 0) is 55.6 Å². The van der Waals surface area contributed by atoms with Crippen LogP contribution in [0.2, 0.25) is 0 Å². The normalized spacial score (nSPS) is 17.6. The van der Waals surface area contributed by atoms with Gasteiger partial charge < -0.3 is 14.6 Å². The molecule has 2 aromatic carbocycles. The second kappa shape index (κ2) is 9.69. The Labute approximate surface area is 170 Å². The third-order valence-electron chi connectivity index (χ3n) is 5.01. The van der Waals surface area contributed by atoms with Gasteiger partial charge in [0.05, 0.1) is 25.9 Å². The Hall–Kier alpha value is -1.40. The number of likely N-dealkylation sites (N-methyl/N-ethyl adjacent to an activating group) is 1. The van der Waals surface area contributed by atoms with Gasteiger partial charge in [0.1, 0.15) is 5.75 Å². The van der Waals surface area contributed by atoms with Crippen molar-refractivity contribution >= 4 is 15.9 Å². The molecule has 1 aliphatic rings. The maximum Gasteiger partial charge on any atom is 0.123 e. The molecule has 0 radical (unpaired) electrons. The number of aliphatic hydroxyl groups excluding tert-OH is 1. The highest BCUT2D eigenvalue weighted by molar-refractivity contribution is 9.10. The molecule has 4 nitrogen and oxygen atoms in total. The van der Waals surface area contributed by atoms with Crippen LogP contribution in [0.4, 0.5) is 0 Å². The maximum absolute atomic E-state index is 10.5. The molecule has 1 aliphatic carbocycles. The van der Waals surface area contributed by atoms with Crippen LogP contribution in [0, 0.1) is 0 Å². The summed E-state index contributed by atoms with van der Waals surface area (Å²) < 4.78 is 12.5. The van der Waals surface area contributed by atoms with Crippen molar-refractivity contribution in [1.82, 2.24) is 4.90 Å². The molecule has 27 heavy (non-hydrogen) atoms. The first kappa shape index (κ1) is 20.3. The minimum absolute atomic E-state index is 0.0973. The van der Waals surface area contributed by atoms with Crippen LogP contribution in [0.25, 0.3) is 0 Å². The first-order chi connectivity index (χ1) is 13.1. The predicted molar refractivity (Wildman–Crippen MR) is 111 cm³/mol. The maximum atomic E-state index is 10.5. The number of methoxy groups -OCH3 is 1. The third-order valence-corrected chi connectivity index (χ3v) is 5.50. The lowest BCUT2D eigenvalue weighted by Gasteiger charge is -2.27. The molecule has 0 heterocycles. The lowest BCUT2D eigenvalue weighted by molar-refractivity contribution is -0.0266. The van der Waals surface area contributed by atoms with E-state index >= 15 is 0 Å². The first-order valence-electron chi connectivity index (χ1n) is 9.45. The zero-order chi connectivity index (χ0) is 19.2. The lowest BCUT2D eigenvalue weighted by atomic mass is 9.89. The molecule has 2 atom stereocenters. The zero-order valence-corrected chi connectivity index (χ0v) is 17.6. The van der Waals surface area contributed by atoms with Crippen molar-refractivity contribution < 1.29 is 14.6 Å². The molecule has 3 rings (SSSR count). The average Bonchev–Trinajstić information content (AvgIpc) is 2.66. The summed E-state index contributed by atoms with van der Waals surface area (Å²) in [7, 11) is 3.68. The number of nitrogens with zero attached hydrogens (tertiary/aromatic N) is 1. The van der Waals surface area contributed by atoms with E-state index in [-0.39, 0.29) is 6.10 Å². The molecule has 0 aliphatic heterocycles. The summed E-state index contributed by atoms with van der Waals surface area (Å²) in [5.74, 6) is 0.856. The van der Waals surface area contributed by atoms with Gasteiger partial charge in [0, 0.05) is 23.1 Å². The third kappa shape index (κ3) is 5.55. The molecule has 0 aromatic heterocycles. The Morgan fingerprint density at radius 3 is 2.89 bits per heavy atom. The van der Waals surface area contributed by atoms with Gasteiger partial charge in [0.15, 0.2) is 0 Å². The van der Waals surface area contributed by atoms with Gasteiger partial charge in [-0.3, -0.25) is 4.90 Å². The van der Waals surface area contributed by atoms with Gasteiger partial charge in [-0.1, -0.05) is 40.2 Å². The monoisotopic (exact) mass is 433 g/mol. The predicted octanol–water partition coefficient (Wildman–Crippen LogP) is 4.34. The number of hydrogen-bond donors (Lipinski definition) is 1. The average molecular weight is 434 g/mol. The van der Waals surface area contributed by atoms with Gasteiger partial charge in [0.2, 0.25) is 0 Å². The Bertz CT molecular complexity index is 752. The van der Waals surface area contributed by atoms with Crippen molar-refractivity contribution in [3.8, 4) is 5.75 Å². The fourth-order valence-electron chi connectivity index (χ4n) is 3.75. The standard InChI is InChI=1S/C22H28BrNO3/c1-24(13-17-12-18(23)10-11-21(17)26-2)14-19(25)15-27-22-9-5-7-16-6-3-4-8-20(16)22/h3-4,6,8,10-12,19,22,25H,5,7,9,13-15H2,1-2H3/t19-,22-/m0/s1. The molecule has 0 unspecified atom stereocenters. The van der Waals surface area contributed by atoms with Gasteiger partial charge in [-0.2, -0.15) is 0 Å². The summed E-state index contributed by atoms with van der Waals surface area (Å²) in [5.41, 5.74) is 3.74. The van der Waals surface area contributed by atoms with E-state index in [4.69, 9.17) is 9.47 Å². The molecule has 0 saturated heterocycles. The summed E-state index contributed by atoms with van der Waals surface area (Å²) >= 11 is 3.51. The molecule has 1 N–H and O–H groups in total. The van der Waals surface area contributed by atoms with E-state index < -0.39 is 6.10 Å². The van der Waals surface area contributed by atoms with Crippen LogP contribution in [0.5, 0.6) is 5.75 Å². The van der Waals surface area contributed by atoms with E-state index in [9.17, 15) is 5.11 Å². The highest BCUT2D eigenvalue weighted by Gasteiger charge is 2.21. The largest absolute Gasteiger partial charge is 0.496 e. The molecule has 5 heteroatoms. The lowest BCUT2D eigenvalue weighted by Crippen LogP contribution is -2.32. The first-order valence-corrected chi connectivity index (χ1v) is 10.2. The second-order valence-electron chi connectivity index (χ2n) is 7.22. The van der Waals surface area contributed by atoms with Crippen molar-refractivity contribution in [1.29, 1.82) is 0 Å². The van der Waals surface area contributed by atoms with Gasteiger partial charge in [0.25, 0.3) is 0 Å². The molecular weight excluding hydrogens is 406 g/mol. The zero-order valence-electron chi connectivity index (χ0n) is 16.0. The minimum Gasteiger partial charge on any atom is -0.496 e. The van der Waals surface area contributed by atoms with E-state index in [2.05, 4.69) is 51.2 Å². The van der Waals surface area contributed by atoms with E-state index in [0.717, 1.165) is 35.0 Å². The quantitative estimate of drug-likeness (QED) is 0.671. The molecule has 0 spiro atoms. The number of hydrogen-bond acceptors (Lipinski definition) is 4. The summed E-state index contributed by atoms with van der Waals surface area (Å²) in [6.45, 7) is 1.59. The number of aryl methyl sites for hydroxylation is 1. The number of ether oxygens (including phenoxy) is 2.